The molecule has 340 valence electrons. The molecule has 0 unspecified atom stereocenters. The second-order valence-corrected chi connectivity index (χ2v) is 16.5. The Labute approximate surface area is 362 Å². The van der Waals surface area contributed by atoms with Crippen LogP contribution in [-0.4, -0.2) is 145 Å². The molecule has 7 amide bonds. The summed E-state index contributed by atoms with van der Waals surface area (Å²) in [5.74, 6) is -6.41. The molecule has 7 atom stereocenters. The predicted molar refractivity (Wildman–Crippen MR) is 229 cm³/mol. The average molecular weight is 896 g/mol. The summed E-state index contributed by atoms with van der Waals surface area (Å²) in [7, 11) is 0. The minimum absolute atomic E-state index is 0.0672. The molecule has 2 heterocycles. The number of primary amides is 1. The Kier molecular flexibility index (Phi) is 23.5. The lowest BCUT2D eigenvalue weighted by molar-refractivity contribution is -0.142. The largest absolute Gasteiger partial charge is 0.480 e. The summed E-state index contributed by atoms with van der Waals surface area (Å²) >= 11 is 2.88. The summed E-state index contributed by atoms with van der Waals surface area (Å²) < 4.78 is 0. The van der Waals surface area contributed by atoms with Crippen molar-refractivity contribution in [3.05, 3.63) is 36.4 Å². The van der Waals surface area contributed by atoms with Crippen molar-refractivity contribution in [2.75, 3.05) is 30.6 Å². The van der Waals surface area contributed by atoms with Crippen LogP contribution in [0.3, 0.4) is 0 Å². The molecule has 22 nitrogen and oxygen atoms in total. The quantitative estimate of drug-likeness (QED) is 0.0358. The van der Waals surface area contributed by atoms with Crippen LogP contribution in [-0.2, 0) is 51.2 Å². The molecule has 0 aliphatic heterocycles. The van der Waals surface area contributed by atoms with Crippen LogP contribution in [0.15, 0.2) is 25.0 Å². The lowest BCUT2D eigenvalue weighted by Crippen LogP contribution is -2.61. The summed E-state index contributed by atoms with van der Waals surface area (Å²) in [5.41, 5.74) is 18.0. The minimum atomic E-state index is -1.49. The van der Waals surface area contributed by atoms with Gasteiger partial charge in [0.1, 0.15) is 36.3 Å². The SMILES string of the molecule is CSCC[C@H](NC(=O)[C@H](Cc1cnc[nH]1)NC(=O)[C@@H](NC(=O)[C@H](CCCCN)NC(=O)[C@H](Cc1cnc[nH]1)NC(=O)[C@H](CC(N)=O)NC(=O)[C@@H](N)CCSC)C(C)C)C(=O)O. The third-order valence-corrected chi connectivity index (χ3v) is 10.6. The number of hydrogen-bond donors (Lipinski definition) is 12. The van der Waals surface area contributed by atoms with Crippen LogP contribution in [0.1, 0.15) is 63.8 Å². The van der Waals surface area contributed by atoms with E-state index in [1.807, 2.05) is 6.26 Å². The van der Waals surface area contributed by atoms with Gasteiger partial charge in [0.25, 0.3) is 0 Å². The van der Waals surface area contributed by atoms with E-state index in [4.69, 9.17) is 17.2 Å². The van der Waals surface area contributed by atoms with E-state index in [0.717, 1.165) is 0 Å². The molecular formula is C37H61N13O9S2. The maximum Gasteiger partial charge on any atom is 0.326 e. The summed E-state index contributed by atoms with van der Waals surface area (Å²) in [6.45, 7) is 3.60. The number of carboxylic acids is 1. The van der Waals surface area contributed by atoms with Crippen molar-refractivity contribution in [1.29, 1.82) is 0 Å². The van der Waals surface area contributed by atoms with Crippen LogP contribution >= 0.6 is 23.5 Å². The highest BCUT2D eigenvalue weighted by Gasteiger charge is 2.35. The summed E-state index contributed by atoms with van der Waals surface area (Å²) in [6, 6.07) is -8.85. The first kappa shape index (κ1) is 51.9. The van der Waals surface area contributed by atoms with Crippen molar-refractivity contribution >= 4 is 70.8 Å². The highest BCUT2D eigenvalue weighted by Crippen LogP contribution is 2.11. The first-order valence-corrected chi connectivity index (χ1v) is 22.5. The Morgan fingerprint density at radius 1 is 0.656 bits per heavy atom. The Bertz CT molecular complexity index is 1720. The summed E-state index contributed by atoms with van der Waals surface area (Å²) in [6.07, 6.45) is 9.76. The molecular weight excluding hydrogens is 835 g/mol. The zero-order chi connectivity index (χ0) is 45.5. The van der Waals surface area contributed by atoms with Crippen molar-refractivity contribution in [3.8, 4) is 0 Å². The van der Waals surface area contributed by atoms with Crippen molar-refractivity contribution in [1.82, 2.24) is 51.8 Å². The highest BCUT2D eigenvalue weighted by atomic mass is 32.2. The number of aromatic nitrogens is 4. The molecule has 0 aromatic carbocycles. The van der Waals surface area contributed by atoms with Crippen molar-refractivity contribution in [2.24, 2.45) is 23.1 Å². The second-order valence-electron chi connectivity index (χ2n) is 14.6. The number of unbranched alkanes of at least 4 members (excludes halogenated alkanes) is 1. The van der Waals surface area contributed by atoms with Gasteiger partial charge in [0, 0.05) is 36.6 Å². The summed E-state index contributed by atoms with van der Waals surface area (Å²) in [5, 5.41) is 25.2. The van der Waals surface area contributed by atoms with Gasteiger partial charge in [-0.05, 0) is 68.6 Å². The number of amides is 7. The number of hydrogen-bond acceptors (Lipinski definition) is 14. The molecule has 0 aliphatic carbocycles. The normalized spacial score (nSPS) is 14.6. The molecule has 15 N–H and O–H groups in total. The fraction of sp³-hybridized carbons (Fsp3) is 0.622. The first-order chi connectivity index (χ1) is 29.0. The number of aliphatic carboxylic acids is 1. The van der Waals surface area contributed by atoms with Crippen LogP contribution in [0.4, 0.5) is 0 Å². The van der Waals surface area contributed by atoms with Crippen molar-refractivity contribution < 1.29 is 43.5 Å². The fourth-order valence-electron chi connectivity index (χ4n) is 5.84. The molecule has 2 aromatic rings. The van der Waals surface area contributed by atoms with Crippen molar-refractivity contribution in [2.45, 2.75) is 108 Å². The highest BCUT2D eigenvalue weighted by molar-refractivity contribution is 7.98. The zero-order valence-electron chi connectivity index (χ0n) is 34.9. The van der Waals surface area contributed by atoms with Gasteiger partial charge in [-0.1, -0.05) is 13.8 Å². The average Bonchev–Trinajstić information content (AvgIpc) is 3.93. The van der Waals surface area contributed by atoms with E-state index < -0.39 is 102 Å². The van der Waals surface area contributed by atoms with Crippen LogP contribution < -0.4 is 49.1 Å². The van der Waals surface area contributed by atoms with E-state index in [9.17, 15) is 43.5 Å². The number of nitrogens with one attached hydrogen (secondary N) is 8. The molecule has 0 fully saturated rings. The third-order valence-electron chi connectivity index (χ3n) is 9.28. The number of thioether (sulfide) groups is 2. The number of nitrogens with zero attached hydrogens (tertiary/aromatic N) is 2. The number of nitrogens with two attached hydrogens (primary N) is 3. The Balaban J connectivity index is 2.36. The van der Waals surface area contributed by atoms with Gasteiger partial charge < -0.3 is 64.2 Å². The number of carboxylic acid groups (broad SMARTS) is 1. The van der Waals surface area contributed by atoms with E-state index in [1.165, 1.54) is 48.6 Å². The van der Waals surface area contributed by atoms with E-state index in [2.05, 4.69) is 51.8 Å². The van der Waals surface area contributed by atoms with E-state index in [1.54, 1.807) is 20.1 Å². The van der Waals surface area contributed by atoms with Crippen LogP contribution in [0, 0.1) is 5.92 Å². The molecule has 0 spiro atoms. The maximum absolute atomic E-state index is 14.0. The summed E-state index contributed by atoms with van der Waals surface area (Å²) in [4.78, 5) is 119. The van der Waals surface area contributed by atoms with Crippen LogP contribution in [0.25, 0.3) is 0 Å². The van der Waals surface area contributed by atoms with E-state index >= 15 is 0 Å². The van der Waals surface area contributed by atoms with Crippen LogP contribution in [0.5, 0.6) is 0 Å². The fourth-order valence-corrected chi connectivity index (χ4v) is 6.80. The molecule has 0 bridgehead atoms. The number of imidazole rings is 2. The maximum atomic E-state index is 14.0. The topological polar surface area (TPSA) is 364 Å². The molecule has 2 rings (SSSR count). The van der Waals surface area contributed by atoms with E-state index in [-0.39, 0.29) is 32.2 Å². The number of carbonyl (C=O) groups is 8. The Morgan fingerprint density at radius 3 is 1.61 bits per heavy atom. The van der Waals surface area contributed by atoms with Gasteiger partial charge in [0.05, 0.1) is 25.1 Å². The zero-order valence-corrected chi connectivity index (χ0v) is 36.5. The smallest absolute Gasteiger partial charge is 0.326 e. The van der Waals surface area contributed by atoms with Crippen molar-refractivity contribution in [3.63, 3.8) is 0 Å². The molecule has 0 saturated heterocycles. The minimum Gasteiger partial charge on any atom is -0.480 e. The van der Waals surface area contributed by atoms with Gasteiger partial charge in [-0.25, -0.2) is 14.8 Å². The number of rotatable bonds is 30. The van der Waals surface area contributed by atoms with Crippen LogP contribution in [0.2, 0.25) is 0 Å². The number of carbonyl (C=O) groups excluding carboxylic acids is 7. The molecule has 2 aromatic heterocycles. The van der Waals surface area contributed by atoms with Gasteiger partial charge in [0.15, 0.2) is 0 Å². The predicted octanol–water partition coefficient (Wildman–Crippen LogP) is -2.59. The van der Waals surface area contributed by atoms with Gasteiger partial charge >= 0.3 is 5.97 Å². The number of aromatic amines is 2. The number of H-pyrrole nitrogens is 2. The van der Waals surface area contributed by atoms with Gasteiger partial charge in [-0.3, -0.25) is 33.6 Å². The Morgan fingerprint density at radius 2 is 1.13 bits per heavy atom. The molecule has 0 aliphatic rings. The standard InChI is InChI=1S/C37H61N13O9S2/c1-20(2)30(36(57)49-27(14-22-17-42-19-44-22)34(55)46-25(37(58)59)9-12-61-4)50-32(53)24(7-5-6-10-38)45-33(54)26(13-21-16-41-18-43-21)48-35(56)28(15-29(40)51)47-31(52)23(39)8-11-60-3/h16-20,23-28,30H,5-15,38-39H2,1-4H3,(H2,40,51)(H,41,43)(H,42,44)(H,45,54)(H,46,55)(H,47,52)(H,48,56)(H,49,57)(H,50,53)(H,58,59)/t23-,24-,25-,26-,27-,28-,30-/m0/s1. The lowest BCUT2D eigenvalue weighted by Gasteiger charge is -2.29. The molecule has 24 heteroatoms. The van der Waals surface area contributed by atoms with E-state index in [0.29, 0.717) is 42.2 Å². The van der Waals surface area contributed by atoms with Gasteiger partial charge in [0.2, 0.25) is 41.4 Å². The first-order valence-electron chi connectivity index (χ1n) is 19.7. The van der Waals surface area contributed by atoms with Gasteiger partial charge in [-0.2, -0.15) is 23.5 Å². The molecule has 61 heavy (non-hydrogen) atoms. The monoisotopic (exact) mass is 895 g/mol. The molecule has 0 radical (unpaired) electrons. The molecule has 0 saturated carbocycles. The lowest BCUT2D eigenvalue weighted by atomic mass is 10.00. The second kappa shape index (κ2) is 27.6. The Hall–Kier alpha value is -5.20. The third kappa shape index (κ3) is 18.9. The van der Waals surface area contributed by atoms with Gasteiger partial charge in [-0.15, -0.1) is 0 Å².